The lowest BCUT2D eigenvalue weighted by atomic mass is 9.88. The summed E-state index contributed by atoms with van der Waals surface area (Å²) < 4.78 is 46.4. The first kappa shape index (κ1) is 18.0. The van der Waals surface area contributed by atoms with E-state index in [0.29, 0.717) is 16.7 Å². The number of carbonyl (C=O) groups is 1. The van der Waals surface area contributed by atoms with E-state index in [-0.39, 0.29) is 11.3 Å². The highest BCUT2D eigenvalue weighted by Gasteiger charge is 2.63. The molecule has 3 rings (SSSR count). The first-order valence-corrected chi connectivity index (χ1v) is 7.81. The van der Waals surface area contributed by atoms with Crippen LogP contribution < -0.4 is 10.1 Å². The van der Waals surface area contributed by atoms with Gasteiger partial charge >= 0.3 is 12.0 Å². The van der Waals surface area contributed by atoms with Crippen molar-refractivity contribution in [1.29, 1.82) is 0 Å². The minimum absolute atomic E-state index is 0.0607. The van der Waals surface area contributed by atoms with Crippen LogP contribution in [0.15, 0.2) is 54.2 Å². The summed E-state index contributed by atoms with van der Waals surface area (Å²) in [6, 6.07) is 13.1. The van der Waals surface area contributed by atoms with Crippen molar-refractivity contribution in [3.63, 3.8) is 0 Å². The number of hydrogen-bond acceptors (Lipinski definition) is 3. The maximum atomic E-state index is 13.8. The van der Waals surface area contributed by atoms with E-state index in [2.05, 4.69) is 5.32 Å². The summed E-state index contributed by atoms with van der Waals surface area (Å²) in [6.45, 7) is 2.65. The molecule has 1 aliphatic rings. The molecule has 0 saturated heterocycles. The molecule has 0 aliphatic carbocycles. The Balaban J connectivity index is 2.42. The van der Waals surface area contributed by atoms with Gasteiger partial charge in [-0.1, -0.05) is 48.5 Å². The maximum Gasteiger partial charge on any atom is 0.462 e. The largest absolute Gasteiger partial charge is 0.462 e. The monoisotopic (exact) mass is 363 g/mol. The average molecular weight is 363 g/mol. The Morgan fingerprint density at radius 2 is 1.77 bits per heavy atom. The van der Waals surface area contributed by atoms with Crippen molar-refractivity contribution < 1.29 is 27.8 Å². The molecule has 136 valence electrons. The van der Waals surface area contributed by atoms with Gasteiger partial charge in [-0.15, -0.1) is 0 Å². The van der Waals surface area contributed by atoms with Gasteiger partial charge in [0.2, 0.25) is 5.91 Å². The van der Waals surface area contributed by atoms with E-state index in [4.69, 9.17) is 4.74 Å². The Morgan fingerprint density at radius 3 is 2.35 bits per heavy atom. The van der Waals surface area contributed by atoms with Gasteiger partial charge in [-0.05, 0) is 18.1 Å². The first-order valence-electron chi connectivity index (χ1n) is 7.81. The van der Waals surface area contributed by atoms with Crippen LogP contribution in [0.3, 0.4) is 0 Å². The molecule has 2 N–H and O–H groups in total. The third-order valence-electron chi connectivity index (χ3n) is 4.07. The number of aryl methyl sites for hydroxylation is 1. The topological polar surface area (TPSA) is 58.6 Å². The minimum atomic E-state index is -5.18. The summed E-state index contributed by atoms with van der Waals surface area (Å²) in [5.74, 6) is -4.51. The molecule has 7 heteroatoms. The molecule has 2 aromatic rings. The third-order valence-corrected chi connectivity index (χ3v) is 4.07. The summed E-state index contributed by atoms with van der Waals surface area (Å²) in [5.41, 5.74) is 0.510. The molecule has 2 aromatic carbocycles. The number of nitrogens with one attached hydrogen (secondary N) is 1. The number of rotatable bonds is 2. The highest BCUT2D eigenvalue weighted by atomic mass is 19.4. The molecule has 4 nitrogen and oxygen atoms in total. The molecular weight excluding hydrogens is 347 g/mol. The van der Waals surface area contributed by atoms with Gasteiger partial charge < -0.3 is 15.2 Å². The molecule has 1 amide bonds. The van der Waals surface area contributed by atoms with Gasteiger partial charge in [0.25, 0.3) is 0 Å². The van der Waals surface area contributed by atoms with Gasteiger partial charge in [0.1, 0.15) is 11.4 Å². The summed E-state index contributed by atoms with van der Waals surface area (Å²) in [7, 11) is 0. The van der Waals surface area contributed by atoms with Crippen molar-refractivity contribution in [3.8, 4) is 5.75 Å². The van der Waals surface area contributed by atoms with E-state index < -0.39 is 23.6 Å². The van der Waals surface area contributed by atoms with Crippen molar-refractivity contribution in [2.45, 2.75) is 25.8 Å². The Labute approximate surface area is 147 Å². The number of aliphatic hydroxyl groups is 1. The van der Waals surface area contributed by atoms with Crippen molar-refractivity contribution in [2.24, 2.45) is 0 Å². The van der Waals surface area contributed by atoms with Crippen LogP contribution in [0.1, 0.15) is 23.6 Å². The van der Waals surface area contributed by atoms with Gasteiger partial charge in [-0.2, -0.15) is 13.2 Å². The zero-order valence-electron chi connectivity index (χ0n) is 14.0. The smallest absolute Gasteiger partial charge is 0.448 e. The van der Waals surface area contributed by atoms with E-state index in [1.807, 2.05) is 0 Å². The highest BCUT2D eigenvalue weighted by Crippen LogP contribution is 2.48. The van der Waals surface area contributed by atoms with Gasteiger partial charge in [0.15, 0.2) is 0 Å². The van der Waals surface area contributed by atoms with Crippen LogP contribution in [0.25, 0.3) is 5.57 Å². The molecule has 1 unspecified atom stereocenters. The number of benzene rings is 2. The molecule has 26 heavy (non-hydrogen) atoms. The number of carbonyl (C=O) groups excluding carboxylic acids is 1. The number of ether oxygens (including phenoxy) is 1. The second-order valence-electron chi connectivity index (χ2n) is 5.99. The van der Waals surface area contributed by atoms with Crippen molar-refractivity contribution in [3.05, 3.63) is 70.9 Å². The molecular formula is C19H16F3NO3. The van der Waals surface area contributed by atoms with Crippen LogP contribution in [0, 0.1) is 6.92 Å². The van der Waals surface area contributed by atoms with Gasteiger partial charge in [0, 0.05) is 18.1 Å². The van der Waals surface area contributed by atoms with Gasteiger partial charge in [0.05, 0.1) is 0 Å². The van der Waals surface area contributed by atoms with Gasteiger partial charge in [-0.3, -0.25) is 4.79 Å². The second-order valence-corrected chi connectivity index (χ2v) is 5.99. The second kappa shape index (κ2) is 6.17. The standard InChI is InChI=1S/C19H16F3NO3/c1-11-7-6-10-14-15(13-8-4-3-5-9-13)17(23-12(2)24)18(25,19(20,21)22)26-16(11)14/h3-10,25H,1-2H3,(H,23,24). The number of amides is 1. The number of alkyl halides is 3. The molecule has 0 radical (unpaired) electrons. The first-order chi connectivity index (χ1) is 12.1. The predicted octanol–water partition coefficient (Wildman–Crippen LogP) is 3.53. The molecule has 0 saturated carbocycles. The lowest BCUT2D eigenvalue weighted by Gasteiger charge is -2.39. The number of halogens is 3. The van der Waals surface area contributed by atoms with Crippen LogP contribution >= 0.6 is 0 Å². The lowest BCUT2D eigenvalue weighted by molar-refractivity contribution is -0.318. The molecule has 0 fully saturated rings. The Morgan fingerprint density at radius 1 is 1.12 bits per heavy atom. The SMILES string of the molecule is CC(=O)NC1=C(c2ccccc2)c2cccc(C)c2OC1(O)C(F)(F)F. The highest BCUT2D eigenvalue weighted by molar-refractivity contribution is 5.90. The van der Waals surface area contributed by atoms with Gasteiger partial charge in [-0.25, -0.2) is 0 Å². The molecule has 1 aliphatic heterocycles. The Hall–Kier alpha value is -2.80. The molecule has 1 atom stereocenters. The fourth-order valence-corrected chi connectivity index (χ4v) is 2.92. The molecule has 0 spiro atoms. The number of fused-ring (bicyclic) bond motifs is 1. The summed E-state index contributed by atoms with van der Waals surface area (Å²) in [5, 5.41) is 12.6. The van der Waals surface area contributed by atoms with E-state index in [1.54, 1.807) is 55.5 Å². The van der Waals surface area contributed by atoms with Crippen LogP contribution in [-0.2, 0) is 4.79 Å². The van der Waals surface area contributed by atoms with E-state index in [0.717, 1.165) is 6.92 Å². The number of para-hydroxylation sites is 1. The average Bonchev–Trinajstić information content (AvgIpc) is 2.56. The summed E-state index contributed by atoms with van der Waals surface area (Å²) in [4.78, 5) is 11.6. The Bertz CT molecular complexity index is 891. The lowest BCUT2D eigenvalue weighted by Crippen LogP contribution is -2.57. The third kappa shape index (κ3) is 2.84. The normalized spacial score (nSPS) is 19.6. The maximum absolute atomic E-state index is 13.8. The minimum Gasteiger partial charge on any atom is -0.448 e. The van der Waals surface area contributed by atoms with Crippen LogP contribution in [0.5, 0.6) is 5.75 Å². The Kier molecular flexibility index (Phi) is 4.28. The zero-order chi connectivity index (χ0) is 19.1. The van der Waals surface area contributed by atoms with Crippen LogP contribution in [0.2, 0.25) is 0 Å². The number of hydrogen-bond donors (Lipinski definition) is 2. The summed E-state index contributed by atoms with van der Waals surface area (Å²) >= 11 is 0. The quantitative estimate of drug-likeness (QED) is 0.858. The predicted molar refractivity (Wildman–Crippen MR) is 89.1 cm³/mol. The fourth-order valence-electron chi connectivity index (χ4n) is 2.92. The molecule has 0 bridgehead atoms. The summed E-state index contributed by atoms with van der Waals surface area (Å²) in [6.07, 6.45) is -5.18. The van der Waals surface area contributed by atoms with E-state index >= 15 is 0 Å². The van der Waals surface area contributed by atoms with Crippen LogP contribution in [0.4, 0.5) is 13.2 Å². The van der Waals surface area contributed by atoms with Crippen molar-refractivity contribution in [2.75, 3.05) is 0 Å². The van der Waals surface area contributed by atoms with Crippen molar-refractivity contribution >= 4 is 11.5 Å². The van der Waals surface area contributed by atoms with E-state index in [9.17, 15) is 23.1 Å². The van der Waals surface area contributed by atoms with Crippen molar-refractivity contribution in [1.82, 2.24) is 5.32 Å². The fraction of sp³-hybridized carbons (Fsp3) is 0.211. The van der Waals surface area contributed by atoms with E-state index in [1.165, 1.54) is 0 Å². The zero-order valence-corrected chi connectivity index (χ0v) is 14.0. The molecule has 1 heterocycles. The molecule has 0 aromatic heterocycles. The van der Waals surface area contributed by atoms with Crippen LogP contribution in [-0.4, -0.2) is 23.0 Å².